The van der Waals surface area contributed by atoms with Crippen molar-refractivity contribution in [2.24, 2.45) is 0 Å². The molecule has 1 heterocycles. The van der Waals surface area contributed by atoms with Gasteiger partial charge >= 0.3 is 6.09 Å². The number of carbonyl (C=O) groups excluding carboxylic acids is 2. The van der Waals surface area contributed by atoms with Gasteiger partial charge in [-0.25, -0.2) is 4.79 Å². The number of alkyl carbamates (subject to hydrolysis) is 1. The summed E-state index contributed by atoms with van der Waals surface area (Å²) in [7, 11) is 0. The van der Waals surface area contributed by atoms with Crippen molar-refractivity contribution in [3.05, 3.63) is 47.3 Å². The van der Waals surface area contributed by atoms with Gasteiger partial charge < -0.3 is 19.9 Å². The SMILES string of the molecule is Cc1noc(/C=C/c2ccccc2)c1NC(=O)[C@@H](C)NC(=O)OC(C)(C)C. The number of nitrogens with one attached hydrogen (secondary N) is 2. The first-order valence-corrected chi connectivity index (χ1v) is 8.65. The first-order valence-electron chi connectivity index (χ1n) is 8.65. The number of amides is 2. The highest BCUT2D eigenvalue weighted by atomic mass is 16.6. The molecular weight excluding hydrogens is 346 g/mol. The second-order valence-electron chi connectivity index (χ2n) is 7.11. The Balaban J connectivity index is 2.04. The van der Waals surface area contributed by atoms with Gasteiger partial charge in [0.1, 0.15) is 23.0 Å². The molecule has 1 atom stereocenters. The standard InChI is InChI=1S/C20H25N3O4/c1-13-17(16(27-23-13)12-11-15-9-7-6-8-10-15)22-18(24)14(2)21-19(25)26-20(3,4)5/h6-12,14H,1-5H3,(H,21,25)(H,22,24)/b12-11+/t14-/m1/s1. The van der Waals surface area contributed by atoms with Crippen molar-refractivity contribution in [1.82, 2.24) is 10.5 Å². The summed E-state index contributed by atoms with van der Waals surface area (Å²) in [6.07, 6.45) is 2.94. The first kappa shape index (κ1) is 20.2. The molecule has 0 aliphatic heterocycles. The van der Waals surface area contributed by atoms with Crippen LogP contribution in [0.4, 0.5) is 10.5 Å². The molecule has 2 N–H and O–H groups in total. The highest BCUT2D eigenvalue weighted by molar-refractivity contribution is 5.98. The van der Waals surface area contributed by atoms with Crippen molar-refractivity contribution < 1.29 is 18.8 Å². The molecule has 1 aromatic carbocycles. The van der Waals surface area contributed by atoms with Crippen molar-refractivity contribution in [3.63, 3.8) is 0 Å². The van der Waals surface area contributed by atoms with Gasteiger partial charge in [-0.3, -0.25) is 4.79 Å². The number of anilines is 1. The third-order valence-electron chi connectivity index (χ3n) is 3.49. The first-order chi connectivity index (χ1) is 12.7. The molecular formula is C20H25N3O4. The Morgan fingerprint density at radius 3 is 2.48 bits per heavy atom. The maximum Gasteiger partial charge on any atom is 0.408 e. The van der Waals surface area contributed by atoms with Gasteiger partial charge in [-0.05, 0) is 46.3 Å². The van der Waals surface area contributed by atoms with Crippen LogP contribution in [0.2, 0.25) is 0 Å². The average Bonchev–Trinajstić information content (AvgIpc) is 2.92. The third-order valence-corrected chi connectivity index (χ3v) is 3.49. The second kappa shape index (κ2) is 8.53. The predicted molar refractivity (Wildman–Crippen MR) is 104 cm³/mol. The van der Waals surface area contributed by atoms with Crippen molar-refractivity contribution in [1.29, 1.82) is 0 Å². The molecule has 1 aromatic heterocycles. The molecule has 0 saturated heterocycles. The van der Waals surface area contributed by atoms with Crippen LogP contribution in [0, 0.1) is 6.92 Å². The molecule has 144 valence electrons. The number of aromatic nitrogens is 1. The van der Waals surface area contributed by atoms with E-state index in [1.807, 2.05) is 36.4 Å². The minimum absolute atomic E-state index is 0.401. The molecule has 0 aliphatic rings. The highest BCUT2D eigenvalue weighted by Crippen LogP contribution is 2.22. The number of hydrogen-bond donors (Lipinski definition) is 2. The van der Waals surface area contributed by atoms with Crippen LogP contribution in [-0.2, 0) is 9.53 Å². The highest BCUT2D eigenvalue weighted by Gasteiger charge is 2.23. The van der Waals surface area contributed by atoms with Gasteiger partial charge in [-0.2, -0.15) is 0 Å². The van der Waals surface area contributed by atoms with E-state index in [9.17, 15) is 9.59 Å². The van der Waals surface area contributed by atoms with E-state index in [0.717, 1.165) is 5.56 Å². The van der Waals surface area contributed by atoms with Crippen LogP contribution in [0.1, 0.15) is 44.7 Å². The number of benzene rings is 1. The van der Waals surface area contributed by atoms with Gasteiger partial charge in [0.25, 0.3) is 0 Å². The molecule has 0 bridgehead atoms. The minimum atomic E-state index is -0.792. The van der Waals surface area contributed by atoms with E-state index in [1.165, 1.54) is 0 Å². The lowest BCUT2D eigenvalue weighted by atomic mass is 10.2. The smallest absolute Gasteiger partial charge is 0.408 e. The number of rotatable bonds is 5. The summed E-state index contributed by atoms with van der Waals surface area (Å²) in [6.45, 7) is 8.56. The lowest BCUT2D eigenvalue weighted by Crippen LogP contribution is -2.44. The number of carbonyl (C=O) groups is 2. The van der Waals surface area contributed by atoms with Crippen LogP contribution in [0.25, 0.3) is 12.2 Å². The van der Waals surface area contributed by atoms with E-state index in [4.69, 9.17) is 9.26 Å². The van der Waals surface area contributed by atoms with Gasteiger partial charge in [-0.15, -0.1) is 0 Å². The maximum absolute atomic E-state index is 12.4. The maximum atomic E-state index is 12.4. The largest absolute Gasteiger partial charge is 0.444 e. The molecule has 0 fully saturated rings. The van der Waals surface area contributed by atoms with Crippen LogP contribution in [0.3, 0.4) is 0 Å². The second-order valence-corrected chi connectivity index (χ2v) is 7.11. The lowest BCUT2D eigenvalue weighted by molar-refractivity contribution is -0.117. The third kappa shape index (κ3) is 6.29. The predicted octanol–water partition coefficient (Wildman–Crippen LogP) is 4.01. The Kier molecular flexibility index (Phi) is 6.39. The van der Waals surface area contributed by atoms with Gasteiger partial charge in [0.05, 0.1) is 0 Å². The van der Waals surface area contributed by atoms with E-state index in [0.29, 0.717) is 17.1 Å². The topological polar surface area (TPSA) is 93.5 Å². The molecule has 0 saturated carbocycles. The van der Waals surface area contributed by atoms with Crippen LogP contribution in [0.15, 0.2) is 34.9 Å². The Labute approximate surface area is 158 Å². The zero-order valence-corrected chi connectivity index (χ0v) is 16.2. The number of aryl methyl sites for hydroxylation is 1. The van der Waals surface area contributed by atoms with Crippen LogP contribution in [-0.4, -0.2) is 28.8 Å². The summed E-state index contributed by atoms with van der Waals surface area (Å²) in [4.78, 5) is 24.2. The Morgan fingerprint density at radius 2 is 1.85 bits per heavy atom. The number of ether oxygens (including phenoxy) is 1. The van der Waals surface area contributed by atoms with Gasteiger partial charge in [0, 0.05) is 0 Å². The Hall–Kier alpha value is -3.09. The Bertz CT molecular complexity index is 819. The fourth-order valence-electron chi connectivity index (χ4n) is 2.17. The van der Waals surface area contributed by atoms with Gasteiger partial charge in [-0.1, -0.05) is 41.6 Å². The Morgan fingerprint density at radius 1 is 1.19 bits per heavy atom. The molecule has 0 spiro atoms. The van der Waals surface area contributed by atoms with Gasteiger partial charge in [0.2, 0.25) is 5.91 Å². The lowest BCUT2D eigenvalue weighted by Gasteiger charge is -2.21. The van der Waals surface area contributed by atoms with E-state index < -0.39 is 23.6 Å². The van der Waals surface area contributed by atoms with E-state index in [1.54, 1.807) is 40.7 Å². The molecule has 7 heteroatoms. The normalized spacial score (nSPS) is 12.6. The fraction of sp³-hybridized carbons (Fsp3) is 0.350. The van der Waals surface area contributed by atoms with E-state index >= 15 is 0 Å². The van der Waals surface area contributed by atoms with Crippen molar-refractivity contribution in [3.8, 4) is 0 Å². The average molecular weight is 371 g/mol. The van der Waals surface area contributed by atoms with Crippen molar-refractivity contribution >= 4 is 29.8 Å². The van der Waals surface area contributed by atoms with Gasteiger partial charge in [0.15, 0.2) is 5.76 Å². The summed E-state index contributed by atoms with van der Waals surface area (Å²) in [5, 5.41) is 9.15. The van der Waals surface area contributed by atoms with E-state index in [2.05, 4.69) is 15.8 Å². The molecule has 2 aromatic rings. The monoisotopic (exact) mass is 371 g/mol. The minimum Gasteiger partial charge on any atom is -0.444 e. The zero-order valence-electron chi connectivity index (χ0n) is 16.2. The molecule has 7 nitrogen and oxygen atoms in total. The molecule has 0 aliphatic carbocycles. The molecule has 0 radical (unpaired) electrons. The summed E-state index contributed by atoms with van der Waals surface area (Å²) in [5.74, 6) is 0.0238. The fourth-order valence-corrected chi connectivity index (χ4v) is 2.17. The quantitative estimate of drug-likeness (QED) is 0.828. The van der Waals surface area contributed by atoms with Crippen LogP contribution in [0.5, 0.6) is 0 Å². The summed E-state index contributed by atoms with van der Waals surface area (Å²) in [5.41, 5.74) is 1.36. The molecule has 0 unspecified atom stereocenters. The summed E-state index contributed by atoms with van der Waals surface area (Å²) >= 11 is 0. The van der Waals surface area contributed by atoms with E-state index in [-0.39, 0.29) is 0 Å². The summed E-state index contributed by atoms with van der Waals surface area (Å²) in [6, 6.07) is 8.90. The molecule has 27 heavy (non-hydrogen) atoms. The number of nitrogens with zero attached hydrogens (tertiary/aromatic N) is 1. The zero-order chi connectivity index (χ0) is 20.0. The molecule has 2 amide bonds. The van der Waals surface area contributed by atoms with Crippen molar-refractivity contribution in [2.45, 2.75) is 46.3 Å². The summed E-state index contributed by atoms with van der Waals surface area (Å²) < 4.78 is 10.4. The van der Waals surface area contributed by atoms with Crippen LogP contribution >= 0.6 is 0 Å². The number of hydrogen-bond acceptors (Lipinski definition) is 5. The van der Waals surface area contributed by atoms with Crippen LogP contribution < -0.4 is 10.6 Å². The molecule has 2 rings (SSSR count). The van der Waals surface area contributed by atoms with Crippen molar-refractivity contribution in [2.75, 3.05) is 5.32 Å².